The summed E-state index contributed by atoms with van der Waals surface area (Å²) in [5.41, 5.74) is 1.79. The van der Waals surface area contributed by atoms with Crippen molar-refractivity contribution >= 4 is 23.9 Å². The van der Waals surface area contributed by atoms with Crippen molar-refractivity contribution < 1.29 is 33.8 Å². The highest BCUT2D eigenvalue weighted by molar-refractivity contribution is 5.86. The van der Waals surface area contributed by atoms with Gasteiger partial charge < -0.3 is 30.5 Å². The van der Waals surface area contributed by atoms with Crippen molar-refractivity contribution in [2.24, 2.45) is 11.8 Å². The van der Waals surface area contributed by atoms with Crippen LogP contribution in [-0.2, 0) is 36.9 Å². The summed E-state index contributed by atoms with van der Waals surface area (Å²) in [5.74, 6) is -2.06. The van der Waals surface area contributed by atoms with Crippen LogP contribution in [0.4, 0.5) is 4.79 Å². The Balaban J connectivity index is 1.64. The Morgan fingerprint density at radius 3 is 2.29 bits per heavy atom. The monoisotopic (exact) mass is 579 g/mol. The minimum absolute atomic E-state index is 0.0535. The van der Waals surface area contributed by atoms with Crippen LogP contribution in [0.15, 0.2) is 72.8 Å². The van der Waals surface area contributed by atoms with E-state index in [1.807, 2.05) is 74.5 Å². The van der Waals surface area contributed by atoms with Crippen LogP contribution in [0.25, 0.3) is 0 Å². The average Bonchev–Trinajstić information content (AvgIpc) is 2.98. The molecule has 1 heterocycles. The molecule has 10 nitrogen and oxygen atoms in total. The first-order valence-corrected chi connectivity index (χ1v) is 14.3. The molecular formula is C32H41N3O7. The number of nitrogens with one attached hydrogen (secondary N) is 3. The van der Waals surface area contributed by atoms with E-state index in [9.17, 15) is 24.3 Å². The topological polar surface area (TPSA) is 143 Å². The Morgan fingerprint density at radius 1 is 1.00 bits per heavy atom. The number of carbonyl (C=O) groups excluding carboxylic acids is 4. The zero-order chi connectivity index (χ0) is 30.3. The summed E-state index contributed by atoms with van der Waals surface area (Å²) < 4.78 is 10.8. The molecule has 2 aromatic carbocycles. The summed E-state index contributed by atoms with van der Waals surface area (Å²) in [6.07, 6.45) is 3.38. The van der Waals surface area contributed by atoms with E-state index >= 15 is 0 Å². The van der Waals surface area contributed by atoms with Crippen LogP contribution in [0.3, 0.4) is 0 Å². The maximum atomic E-state index is 13.2. The van der Waals surface area contributed by atoms with E-state index in [0.717, 1.165) is 11.1 Å². The van der Waals surface area contributed by atoms with Crippen molar-refractivity contribution in [3.8, 4) is 0 Å². The summed E-state index contributed by atoms with van der Waals surface area (Å²) in [6, 6.07) is 16.7. The van der Waals surface area contributed by atoms with Crippen molar-refractivity contribution in [2.45, 2.75) is 64.3 Å². The summed E-state index contributed by atoms with van der Waals surface area (Å²) >= 11 is 0. The zero-order valence-corrected chi connectivity index (χ0v) is 24.2. The van der Waals surface area contributed by atoms with Crippen molar-refractivity contribution in [1.29, 1.82) is 0 Å². The van der Waals surface area contributed by atoms with Gasteiger partial charge in [0.05, 0.1) is 24.6 Å². The maximum Gasteiger partial charge on any atom is 0.408 e. The number of benzene rings is 2. The fraction of sp³-hybridized carbons (Fsp3) is 0.438. The highest BCUT2D eigenvalue weighted by Crippen LogP contribution is 2.15. The van der Waals surface area contributed by atoms with Gasteiger partial charge in [0.1, 0.15) is 19.3 Å². The van der Waals surface area contributed by atoms with E-state index in [1.54, 1.807) is 12.2 Å². The van der Waals surface area contributed by atoms with Gasteiger partial charge in [-0.3, -0.25) is 9.59 Å². The number of allylic oxidation sites excluding steroid dienone is 1. The molecule has 3 rings (SSSR count). The largest absolute Gasteiger partial charge is 0.462 e. The van der Waals surface area contributed by atoms with Crippen molar-refractivity contribution in [1.82, 2.24) is 16.0 Å². The molecule has 1 aliphatic rings. The molecule has 42 heavy (non-hydrogen) atoms. The second-order valence-corrected chi connectivity index (χ2v) is 10.7. The fourth-order valence-corrected chi connectivity index (χ4v) is 4.44. The van der Waals surface area contributed by atoms with E-state index in [4.69, 9.17) is 9.47 Å². The molecule has 3 amide bonds. The van der Waals surface area contributed by atoms with Gasteiger partial charge >= 0.3 is 12.1 Å². The molecule has 2 aromatic rings. The number of carbonyl (C=O) groups is 4. The zero-order valence-electron chi connectivity index (χ0n) is 24.2. The molecule has 0 aromatic heterocycles. The molecule has 0 bridgehead atoms. The van der Waals surface area contributed by atoms with Gasteiger partial charge in [-0.05, 0) is 36.3 Å². The van der Waals surface area contributed by atoms with E-state index in [0.29, 0.717) is 6.42 Å². The molecule has 0 spiro atoms. The number of ether oxygens (including phenoxy) is 2. The Morgan fingerprint density at radius 2 is 1.64 bits per heavy atom. The molecular weight excluding hydrogens is 538 g/mol. The van der Waals surface area contributed by atoms with Gasteiger partial charge in [-0.15, -0.1) is 0 Å². The lowest BCUT2D eigenvalue weighted by molar-refractivity contribution is -0.148. The molecule has 0 saturated carbocycles. The first-order chi connectivity index (χ1) is 20.2. The normalized spacial score (nSPS) is 20.3. The number of hydrogen-bond acceptors (Lipinski definition) is 7. The molecule has 0 aliphatic carbocycles. The Kier molecular flexibility index (Phi) is 13.0. The molecule has 4 N–H and O–H groups in total. The van der Waals surface area contributed by atoms with Gasteiger partial charge in [0.25, 0.3) is 0 Å². The minimum atomic E-state index is -0.988. The predicted molar refractivity (Wildman–Crippen MR) is 157 cm³/mol. The van der Waals surface area contributed by atoms with Crippen LogP contribution in [-0.4, -0.2) is 60.3 Å². The van der Waals surface area contributed by atoms with E-state index < -0.39 is 36.1 Å². The Labute approximate surface area is 246 Å². The minimum Gasteiger partial charge on any atom is -0.462 e. The van der Waals surface area contributed by atoms with Crippen LogP contribution in [0.5, 0.6) is 0 Å². The van der Waals surface area contributed by atoms with E-state index in [1.165, 1.54) is 0 Å². The van der Waals surface area contributed by atoms with Gasteiger partial charge in [-0.25, -0.2) is 9.59 Å². The summed E-state index contributed by atoms with van der Waals surface area (Å²) in [6.45, 7) is 3.50. The Hall–Kier alpha value is -4.18. The molecule has 0 unspecified atom stereocenters. The van der Waals surface area contributed by atoms with Gasteiger partial charge in [0.15, 0.2) is 0 Å². The van der Waals surface area contributed by atoms with Gasteiger partial charge in [0.2, 0.25) is 11.8 Å². The average molecular weight is 580 g/mol. The lowest BCUT2D eigenvalue weighted by Gasteiger charge is -2.26. The van der Waals surface area contributed by atoms with E-state index in [-0.39, 0.29) is 56.8 Å². The first-order valence-electron chi connectivity index (χ1n) is 14.3. The highest BCUT2D eigenvalue weighted by Gasteiger charge is 2.29. The first kappa shape index (κ1) is 32.3. The SMILES string of the molecule is CC(C)[C@H]1COC(=O)[C@H](NC(=O)OCc2ccccc2)CC=CC[C@H](CC(=O)N[C@@H](CO)Cc2ccccc2)C(=O)N1. The number of amides is 3. The number of esters is 1. The molecule has 10 heteroatoms. The number of hydrogen-bond donors (Lipinski definition) is 4. The summed E-state index contributed by atoms with van der Waals surface area (Å²) in [7, 11) is 0. The highest BCUT2D eigenvalue weighted by atomic mass is 16.6. The molecule has 0 radical (unpaired) electrons. The second kappa shape index (κ2) is 16.9. The summed E-state index contributed by atoms with van der Waals surface area (Å²) in [5, 5.41) is 18.1. The van der Waals surface area contributed by atoms with Crippen molar-refractivity contribution in [2.75, 3.05) is 13.2 Å². The van der Waals surface area contributed by atoms with Crippen LogP contribution in [0.2, 0.25) is 0 Å². The number of aliphatic hydroxyl groups is 1. The lowest BCUT2D eigenvalue weighted by atomic mass is 9.96. The summed E-state index contributed by atoms with van der Waals surface area (Å²) in [4.78, 5) is 51.4. The quantitative estimate of drug-likeness (QED) is 0.250. The molecule has 1 aliphatic heterocycles. The number of rotatable bonds is 10. The number of aliphatic hydroxyl groups excluding tert-OH is 1. The lowest BCUT2D eigenvalue weighted by Crippen LogP contribution is -2.48. The Bertz CT molecular complexity index is 1190. The third-order valence-electron chi connectivity index (χ3n) is 7.00. The number of cyclic esters (lactones) is 1. The smallest absolute Gasteiger partial charge is 0.408 e. The second-order valence-electron chi connectivity index (χ2n) is 10.7. The fourth-order valence-electron chi connectivity index (χ4n) is 4.44. The van der Waals surface area contributed by atoms with E-state index in [2.05, 4.69) is 16.0 Å². The molecule has 4 atom stereocenters. The third-order valence-corrected chi connectivity index (χ3v) is 7.00. The van der Waals surface area contributed by atoms with Crippen molar-refractivity contribution in [3.63, 3.8) is 0 Å². The van der Waals surface area contributed by atoms with Crippen LogP contribution in [0.1, 0.15) is 44.2 Å². The van der Waals surface area contributed by atoms with Crippen LogP contribution >= 0.6 is 0 Å². The third kappa shape index (κ3) is 11.0. The standard InChI is InChI=1S/C32H41N3O7/c1-22(2)28-21-41-31(39)27(35-32(40)42-20-24-13-7-4-8-14-24)16-10-9-15-25(30(38)34-28)18-29(37)33-26(19-36)17-23-11-5-3-6-12-23/h3-14,22,25-28,36H,15-21H2,1-2H3,(H,33,37)(H,34,38)(H,35,40)/t25-,26-,27-,28-/m1/s1. The van der Waals surface area contributed by atoms with Crippen molar-refractivity contribution in [3.05, 3.63) is 83.9 Å². The van der Waals surface area contributed by atoms with Crippen LogP contribution in [0, 0.1) is 11.8 Å². The number of alkyl carbamates (subject to hydrolysis) is 1. The molecule has 226 valence electrons. The van der Waals surface area contributed by atoms with Crippen LogP contribution < -0.4 is 16.0 Å². The molecule has 0 saturated heterocycles. The maximum absolute atomic E-state index is 13.2. The molecule has 0 fully saturated rings. The van der Waals surface area contributed by atoms with Gasteiger partial charge in [-0.2, -0.15) is 0 Å². The van der Waals surface area contributed by atoms with Gasteiger partial charge in [-0.1, -0.05) is 86.7 Å². The van der Waals surface area contributed by atoms with Gasteiger partial charge in [0, 0.05) is 6.42 Å². The predicted octanol–water partition coefficient (Wildman–Crippen LogP) is 3.04.